The van der Waals surface area contributed by atoms with Crippen LogP contribution in [-0.4, -0.2) is 0 Å². The van der Waals surface area contributed by atoms with Crippen molar-refractivity contribution in [2.75, 3.05) is 0 Å². The molecule has 2 aromatic rings. The lowest BCUT2D eigenvalue weighted by molar-refractivity contribution is -0.670. The van der Waals surface area contributed by atoms with E-state index < -0.39 is 0 Å². The molecule has 0 spiro atoms. The Morgan fingerprint density at radius 1 is 1.07 bits per heavy atom. The van der Waals surface area contributed by atoms with Crippen LogP contribution in [-0.2, 0) is 7.05 Å². The van der Waals surface area contributed by atoms with Crippen molar-refractivity contribution in [1.82, 2.24) is 0 Å². The third-order valence-corrected chi connectivity index (χ3v) is 2.18. The van der Waals surface area contributed by atoms with Crippen molar-refractivity contribution in [3.8, 4) is 0 Å². The molecule has 0 aliphatic rings. The van der Waals surface area contributed by atoms with Crippen molar-refractivity contribution in [3.63, 3.8) is 0 Å². The number of hydrogen-bond acceptors (Lipinski definition) is 0. The summed E-state index contributed by atoms with van der Waals surface area (Å²) in [6, 6.07) is 8.53. The van der Waals surface area contributed by atoms with Crippen molar-refractivity contribution in [2.45, 2.75) is 20.8 Å². The van der Waals surface area contributed by atoms with E-state index in [4.69, 9.17) is 0 Å². The van der Waals surface area contributed by atoms with Crippen LogP contribution in [0.5, 0.6) is 0 Å². The van der Waals surface area contributed by atoms with Gasteiger partial charge in [-0.15, -0.1) is 0 Å². The Labute approximate surface area is 86.0 Å². The molecular formula is C13H18N+. The van der Waals surface area contributed by atoms with Crippen LogP contribution in [0.15, 0.2) is 36.7 Å². The van der Waals surface area contributed by atoms with Gasteiger partial charge >= 0.3 is 0 Å². The summed E-state index contributed by atoms with van der Waals surface area (Å²) in [5, 5.41) is 2.65. The predicted octanol–water partition coefficient (Wildman–Crippen LogP) is 3.00. The second-order valence-corrected chi connectivity index (χ2v) is 3.19. The van der Waals surface area contributed by atoms with Crippen LogP contribution in [0.4, 0.5) is 0 Å². The fraction of sp³-hybridized carbons (Fsp3) is 0.308. The van der Waals surface area contributed by atoms with Gasteiger partial charge in [-0.1, -0.05) is 26.0 Å². The summed E-state index contributed by atoms with van der Waals surface area (Å²) in [7, 11) is 2.04. The number of benzene rings is 1. The van der Waals surface area contributed by atoms with Gasteiger partial charge in [0, 0.05) is 11.5 Å². The highest BCUT2D eigenvalue weighted by Gasteiger charge is 1.99. The van der Waals surface area contributed by atoms with Crippen LogP contribution in [0.1, 0.15) is 19.4 Å². The summed E-state index contributed by atoms with van der Waals surface area (Å²) in [6.07, 6.45) is 4.22. The molecule has 0 aliphatic heterocycles. The summed E-state index contributed by atoms with van der Waals surface area (Å²) >= 11 is 0. The van der Waals surface area contributed by atoms with E-state index in [0.717, 1.165) is 0 Å². The molecule has 14 heavy (non-hydrogen) atoms. The fourth-order valence-corrected chi connectivity index (χ4v) is 1.50. The largest absolute Gasteiger partial charge is 0.207 e. The van der Waals surface area contributed by atoms with Gasteiger partial charge in [-0.05, 0) is 23.9 Å². The van der Waals surface area contributed by atoms with Crippen LogP contribution in [0.25, 0.3) is 10.8 Å². The Balaban J connectivity index is 0.000000461. The van der Waals surface area contributed by atoms with Gasteiger partial charge in [0.1, 0.15) is 7.05 Å². The Morgan fingerprint density at radius 2 is 1.79 bits per heavy atom. The standard InChI is InChI=1S/C11H12N.C2H6/c1-9-4-3-5-10-8-12(2)7-6-11(9)10;1-2/h3-8H,1-2H3;1-2H3/q+1;. The normalized spacial score (nSPS) is 9.43. The summed E-state index contributed by atoms with van der Waals surface area (Å²) in [5.41, 5.74) is 1.34. The van der Waals surface area contributed by atoms with E-state index in [9.17, 15) is 0 Å². The van der Waals surface area contributed by atoms with Crippen LogP contribution < -0.4 is 4.57 Å². The van der Waals surface area contributed by atoms with Crippen molar-refractivity contribution in [1.29, 1.82) is 0 Å². The van der Waals surface area contributed by atoms with E-state index in [1.807, 2.05) is 20.9 Å². The zero-order chi connectivity index (χ0) is 10.6. The lowest BCUT2D eigenvalue weighted by Crippen LogP contribution is -2.25. The SMILES string of the molecule is CC.Cc1cccc2c[n+](C)ccc12. The lowest BCUT2D eigenvalue weighted by atomic mass is 10.1. The molecule has 0 aliphatic carbocycles. The number of nitrogens with zero attached hydrogens (tertiary/aromatic N) is 1. The summed E-state index contributed by atoms with van der Waals surface area (Å²) < 4.78 is 2.07. The average Bonchev–Trinajstić information content (AvgIpc) is 2.21. The molecule has 0 N–H and O–H groups in total. The maximum atomic E-state index is 2.16. The zero-order valence-corrected chi connectivity index (χ0v) is 9.41. The molecule has 2 rings (SSSR count). The number of fused-ring (bicyclic) bond motifs is 1. The second kappa shape index (κ2) is 4.75. The molecular weight excluding hydrogens is 170 g/mol. The van der Waals surface area contributed by atoms with E-state index in [1.165, 1.54) is 16.3 Å². The molecule has 0 amide bonds. The van der Waals surface area contributed by atoms with Crippen molar-refractivity contribution in [3.05, 3.63) is 42.2 Å². The fourth-order valence-electron chi connectivity index (χ4n) is 1.50. The molecule has 1 aromatic heterocycles. The third-order valence-electron chi connectivity index (χ3n) is 2.18. The quantitative estimate of drug-likeness (QED) is 0.560. The molecule has 0 bridgehead atoms. The minimum Gasteiger partial charge on any atom is -0.207 e. The lowest BCUT2D eigenvalue weighted by Gasteiger charge is -1.98. The smallest absolute Gasteiger partial charge is 0.176 e. The highest BCUT2D eigenvalue weighted by atomic mass is 14.9. The van der Waals surface area contributed by atoms with Crippen molar-refractivity contribution in [2.24, 2.45) is 7.05 Å². The number of hydrogen-bond donors (Lipinski definition) is 0. The van der Waals surface area contributed by atoms with Gasteiger partial charge in [0.15, 0.2) is 12.4 Å². The number of aryl methyl sites for hydroxylation is 2. The first-order valence-electron chi connectivity index (χ1n) is 5.12. The Hall–Kier alpha value is -1.37. The van der Waals surface area contributed by atoms with E-state index in [-0.39, 0.29) is 0 Å². The number of rotatable bonds is 0. The molecule has 0 radical (unpaired) electrons. The molecule has 0 saturated heterocycles. The first-order chi connectivity index (χ1) is 6.77. The van der Waals surface area contributed by atoms with E-state index >= 15 is 0 Å². The predicted molar refractivity (Wildman–Crippen MR) is 61.2 cm³/mol. The monoisotopic (exact) mass is 188 g/mol. The van der Waals surface area contributed by atoms with Gasteiger partial charge in [-0.2, -0.15) is 0 Å². The number of pyridine rings is 1. The topological polar surface area (TPSA) is 3.88 Å². The van der Waals surface area contributed by atoms with E-state index in [0.29, 0.717) is 0 Å². The Kier molecular flexibility index (Phi) is 3.63. The first-order valence-corrected chi connectivity index (χ1v) is 5.12. The molecule has 0 unspecified atom stereocenters. The van der Waals surface area contributed by atoms with E-state index in [1.54, 1.807) is 0 Å². The maximum absolute atomic E-state index is 2.16. The molecule has 1 heteroatoms. The minimum atomic E-state index is 1.31. The molecule has 0 saturated carbocycles. The van der Waals surface area contributed by atoms with Crippen molar-refractivity contribution < 1.29 is 4.57 Å². The summed E-state index contributed by atoms with van der Waals surface area (Å²) in [5.74, 6) is 0. The molecule has 0 atom stereocenters. The van der Waals surface area contributed by atoms with E-state index in [2.05, 4.69) is 48.1 Å². The van der Waals surface area contributed by atoms with Gasteiger partial charge in [-0.3, -0.25) is 0 Å². The molecule has 1 nitrogen and oxygen atoms in total. The van der Waals surface area contributed by atoms with Gasteiger partial charge in [0.2, 0.25) is 0 Å². The average molecular weight is 188 g/mol. The second-order valence-electron chi connectivity index (χ2n) is 3.19. The zero-order valence-electron chi connectivity index (χ0n) is 9.41. The summed E-state index contributed by atoms with van der Waals surface area (Å²) in [6.45, 7) is 6.14. The van der Waals surface area contributed by atoms with Gasteiger partial charge in [0.05, 0.1) is 0 Å². The van der Waals surface area contributed by atoms with Crippen LogP contribution in [0.3, 0.4) is 0 Å². The molecule has 1 aromatic carbocycles. The Morgan fingerprint density at radius 3 is 2.50 bits per heavy atom. The highest BCUT2D eigenvalue weighted by Crippen LogP contribution is 2.14. The van der Waals surface area contributed by atoms with Crippen LogP contribution >= 0.6 is 0 Å². The van der Waals surface area contributed by atoms with Gasteiger partial charge in [0.25, 0.3) is 0 Å². The van der Waals surface area contributed by atoms with Crippen molar-refractivity contribution >= 4 is 10.8 Å². The minimum absolute atomic E-state index is 1.31. The highest BCUT2D eigenvalue weighted by molar-refractivity contribution is 5.83. The Bertz CT molecular complexity index is 419. The van der Waals surface area contributed by atoms with Gasteiger partial charge in [-0.25, -0.2) is 4.57 Å². The molecule has 1 heterocycles. The maximum Gasteiger partial charge on any atom is 0.176 e. The van der Waals surface area contributed by atoms with Crippen LogP contribution in [0.2, 0.25) is 0 Å². The summed E-state index contributed by atoms with van der Waals surface area (Å²) in [4.78, 5) is 0. The van der Waals surface area contributed by atoms with Crippen LogP contribution in [0, 0.1) is 6.92 Å². The molecule has 74 valence electrons. The first kappa shape index (κ1) is 10.7. The van der Waals surface area contributed by atoms with Gasteiger partial charge < -0.3 is 0 Å². The molecule has 0 fully saturated rings. The number of aromatic nitrogens is 1. The third kappa shape index (κ3) is 2.11.